The molecule has 0 saturated carbocycles. The van der Waals surface area contributed by atoms with Gasteiger partial charge in [0.25, 0.3) is 0 Å². The molecule has 0 aromatic carbocycles. The summed E-state index contributed by atoms with van der Waals surface area (Å²) < 4.78 is 0. The molecule has 0 aliphatic rings. The molecular weight excluding hydrogens is 216 g/mol. The first-order valence-corrected chi connectivity index (χ1v) is 8.43. The van der Waals surface area contributed by atoms with Gasteiger partial charge < -0.3 is 0 Å². The molecule has 108 valence electrons. The summed E-state index contributed by atoms with van der Waals surface area (Å²) in [6, 6.07) is 0. The van der Waals surface area contributed by atoms with E-state index in [4.69, 9.17) is 0 Å². The molecule has 0 nitrogen and oxygen atoms in total. The lowest BCUT2D eigenvalue weighted by atomic mass is 9.96. The molecule has 0 aliphatic carbocycles. The average Bonchev–Trinajstić information content (AvgIpc) is 2.39. The zero-order chi connectivity index (χ0) is 13.6. The van der Waals surface area contributed by atoms with Gasteiger partial charge in [-0.3, -0.25) is 0 Å². The number of rotatable bonds is 12. The zero-order valence-corrected chi connectivity index (χ0v) is 13.5. The lowest BCUT2D eigenvalue weighted by molar-refractivity contribution is 0.619. The van der Waals surface area contributed by atoms with Gasteiger partial charge in [0, 0.05) is 0 Å². The van der Waals surface area contributed by atoms with Gasteiger partial charge in [-0.1, -0.05) is 76.9 Å². The van der Waals surface area contributed by atoms with Gasteiger partial charge in [-0.2, -0.15) is 0 Å². The molecule has 0 heterocycles. The SMILES string of the molecule is CCCCCCC/C(CC)=C(\C)CCCCCC. The van der Waals surface area contributed by atoms with Gasteiger partial charge >= 0.3 is 0 Å². The molecule has 0 unspecified atom stereocenters. The van der Waals surface area contributed by atoms with E-state index in [0.717, 1.165) is 0 Å². The van der Waals surface area contributed by atoms with Gasteiger partial charge in [-0.05, 0) is 39.0 Å². The van der Waals surface area contributed by atoms with Crippen molar-refractivity contribution in [2.24, 2.45) is 0 Å². The lowest BCUT2D eigenvalue weighted by Gasteiger charge is -2.11. The molecule has 0 spiro atoms. The van der Waals surface area contributed by atoms with Crippen LogP contribution in [0.1, 0.15) is 105 Å². The van der Waals surface area contributed by atoms with E-state index in [2.05, 4.69) is 27.7 Å². The summed E-state index contributed by atoms with van der Waals surface area (Å²) >= 11 is 0. The van der Waals surface area contributed by atoms with Crippen molar-refractivity contribution in [3.05, 3.63) is 11.1 Å². The first kappa shape index (κ1) is 17.7. The van der Waals surface area contributed by atoms with E-state index >= 15 is 0 Å². The van der Waals surface area contributed by atoms with Crippen molar-refractivity contribution in [1.82, 2.24) is 0 Å². The highest BCUT2D eigenvalue weighted by Crippen LogP contribution is 2.21. The van der Waals surface area contributed by atoms with Crippen LogP contribution in [-0.4, -0.2) is 0 Å². The summed E-state index contributed by atoms with van der Waals surface area (Å²) in [5, 5.41) is 0. The molecule has 0 aliphatic heterocycles. The first-order chi connectivity index (χ1) is 8.76. The lowest BCUT2D eigenvalue weighted by Crippen LogP contribution is -1.90. The fourth-order valence-electron chi connectivity index (χ4n) is 2.63. The number of allylic oxidation sites excluding steroid dienone is 2. The Hall–Kier alpha value is -0.260. The third-order valence-electron chi connectivity index (χ3n) is 4.02. The summed E-state index contributed by atoms with van der Waals surface area (Å²) in [7, 11) is 0. The molecule has 0 heteroatoms. The topological polar surface area (TPSA) is 0 Å². The molecular formula is C18H36. The number of hydrogen-bond acceptors (Lipinski definition) is 0. The molecule has 0 saturated heterocycles. The van der Waals surface area contributed by atoms with Crippen LogP contribution in [0.5, 0.6) is 0 Å². The highest BCUT2D eigenvalue weighted by atomic mass is 14.1. The Balaban J connectivity index is 3.80. The molecule has 0 amide bonds. The molecule has 0 atom stereocenters. The minimum Gasteiger partial charge on any atom is -0.0741 e. The maximum absolute atomic E-state index is 2.37. The molecule has 0 fully saturated rings. The predicted molar refractivity (Wildman–Crippen MR) is 85.1 cm³/mol. The molecule has 18 heavy (non-hydrogen) atoms. The second-order valence-electron chi connectivity index (χ2n) is 5.71. The van der Waals surface area contributed by atoms with Gasteiger partial charge in [0.2, 0.25) is 0 Å². The van der Waals surface area contributed by atoms with Gasteiger partial charge in [0.15, 0.2) is 0 Å². The smallest absolute Gasteiger partial charge is 0.0318 e. The largest absolute Gasteiger partial charge is 0.0741 e. The predicted octanol–water partition coefficient (Wildman–Crippen LogP) is 7.04. The highest BCUT2D eigenvalue weighted by Gasteiger charge is 2.01. The summed E-state index contributed by atoms with van der Waals surface area (Å²) in [6.07, 6.45) is 16.6. The first-order valence-electron chi connectivity index (χ1n) is 8.43. The van der Waals surface area contributed by atoms with Gasteiger partial charge in [0.1, 0.15) is 0 Å². The van der Waals surface area contributed by atoms with Crippen molar-refractivity contribution >= 4 is 0 Å². The van der Waals surface area contributed by atoms with E-state index in [1.165, 1.54) is 77.0 Å². The minimum atomic E-state index is 1.27. The summed E-state index contributed by atoms with van der Waals surface area (Å²) in [6.45, 7) is 9.28. The van der Waals surface area contributed by atoms with Crippen molar-refractivity contribution in [3.8, 4) is 0 Å². The fraction of sp³-hybridized carbons (Fsp3) is 0.889. The molecule has 0 N–H and O–H groups in total. The molecule has 0 aromatic rings. The maximum Gasteiger partial charge on any atom is -0.0318 e. The van der Waals surface area contributed by atoms with Crippen molar-refractivity contribution in [2.75, 3.05) is 0 Å². The third-order valence-corrected chi connectivity index (χ3v) is 4.02. The second-order valence-corrected chi connectivity index (χ2v) is 5.71. The van der Waals surface area contributed by atoms with E-state index in [0.29, 0.717) is 0 Å². The van der Waals surface area contributed by atoms with Crippen LogP contribution in [0.15, 0.2) is 11.1 Å². The Morgan fingerprint density at radius 1 is 0.611 bits per heavy atom. The van der Waals surface area contributed by atoms with Crippen LogP contribution in [0.25, 0.3) is 0 Å². The standard InChI is InChI=1S/C18H36/c1-5-8-10-12-14-16-18(7-3)17(4)15-13-11-9-6-2/h5-16H2,1-4H3/b18-17+. The van der Waals surface area contributed by atoms with E-state index < -0.39 is 0 Å². The molecule has 0 aromatic heterocycles. The summed E-state index contributed by atoms with van der Waals surface area (Å²) in [4.78, 5) is 0. The monoisotopic (exact) mass is 252 g/mol. The van der Waals surface area contributed by atoms with E-state index in [9.17, 15) is 0 Å². The zero-order valence-electron chi connectivity index (χ0n) is 13.5. The Kier molecular flexibility index (Phi) is 13.0. The highest BCUT2D eigenvalue weighted by molar-refractivity contribution is 5.11. The van der Waals surface area contributed by atoms with Crippen LogP contribution in [-0.2, 0) is 0 Å². The van der Waals surface area contributed by atoms with Crippen LogP contribution in [0, 0.1) is 0 Å². The minimum absolute atomic E-state index is 1.27. The second kappa shape index (κ2) is 13.2. The Morgan fingerprint density at radius 2 is 1.11 bits per heavy atom. The third kappa shape index (κ3) is 9.74. The van der Waals surface area contributed by atoms with Crippen LogP contribution >= 0.6 is 0 Å². The van der Waals surface area contributed by atoms with E-state index in [-0.39, 0.29) is 0 Å². The number of hydrogen-bond donors (Lipinski definition) is 0. The van der Waals surface area contributed by atoms with Crippen molar-refractivity contribution < 1.29 is 0 Å². The Bertz CT molecular complexity index is 200. The van der Waals surface area contributed by atoms with Crippen molar-refractivity contribution in [2.45, 2.75) is 105 Å². The average molecular weight is 252 g/mol. The quantitative estimate of drug-likeness (QED) is 0.258. The van der Waals surface area contributed by atoms with E-state index in [1.54, 1.807) is 11.1 Å². The van der Waals surface area contributed by atoms with Crippen LogP contribution in [0.2, 0.25) is 0 Å². The number of unbranched alkanes of at least 4 members (excludes halogenated alkanes) is 7. The maximum atomic E-state index is 2.37. The molecule has 0 rings (SSSR count). The molecule has 0 bridgehead atoms. The van der Waals surface area contributed by atoms with Crippen LogP contribution in [0.3, 0.4) is 0 Å². The van der Waals surface area contributed by atoms with E-state index in [1.807, 2.05) is 0 Å². The van der Waals surface area contributed by atoms with Gasteiger partial charge in [0.05, 0.1) is 0 Å². The van der Waals surface area contributed by atoms with Gasteiger partial charge in [-0.25, -0.2) is 0 Å². The summed E-state index contributed by atoms with van der Waals surface area (Å²) in [5.74, 6) is 0. The van der Waals surface area contributed by atoms with Crippen molar-refractivity contribution in [1.29, 1.82) is 0 Å². The van der Waals surface area contributed by atoms with Crippen molar-refractivity contribution in [3.63, 3.8) is 0 Å². The molecule has 0 radical (unpaired) electrons. The Morgan fingerprint density at radius 3 is 1.67 bits per heavy atom. The summed E-state index contributed by atoms with van der Waals surface area (Å²) in [5.41, 5.74) is 3.45. The normalized spacial score (nSPS) is 12.7. The van der Waals surface area contributed by atoms with Gasteiger partial charge in [-0.15, -0.1) is 0 Å². The van der Waals surface area contributed by atoms with Crippen LogP contribution in [0.4, 0.5) is 0 Å². The van der Waals surface area contributed by atoms with Crippen LogP contribution < -0.4 is 0 Å². The Labute approximate surface area is 116 Å². The fourth-order valence-corrected chi connectivity index (χ4v) is 2.63.